The first-order valence-electron chi connectivity index (χ1n) is 6.70. The molecule has 0 aliphatic heterocycles. The molecule has 9 nitrogen and oxygen atoms in total. The summed E-state index contributed by atoms with van der Waals surface area (Å²) < 4.78 is 21.2. The van der Waals surface area contributed by atoms with Crippen molar-refractivity contribution in [1.82, 2.24) is 0 Å². The highest BCUT2D eigenvalue weighted by molar-refractivity contribution is 7.52. The number of ether oxygens (including phenoxy) is 2. The molecule has 0 fully saturated rings. The summed E-state index contributed by atoms with van der Waals surface area (Å²) in [6, 6.07) is 0. The highest BCUT2D eigenvalue weighted by Crippen LogP contribution is 2.43. The van der Waals surface area contributed by atoms with Crippen LogP contribution >= 0.6 is 7.60 Å². The Balaban J connectivity index is 4.19. The van der Waals surface area contributed by atoms with Crippen LogP contribution in [0, 0.1) is 0 Å². The molecule has 0 heterocycles. The third-order valence-electron chi connectivity index (χ3n) is 2.65. The summed E-state index contributed by atoms with van der Waals surface area (Å²) in [5, 5.41) is 26.7. The number of rotatable bonds is 13. The Morgan fingerprint density at radius 2 is 1.86 bits per heavy atom. The molecule has 0 spiro atoms. The smallest absolute Gasteiger partial charge is 0.356 e. The molecular weight excluding hydrogens is 307 g/mol. The van der Waals surface area contributed by atoms with Gasteiger partial charge in [0, 0.05) is 6.61 Å². The normalized spacial score (nSPS) is 16.7. The summed E-state index contributed by atoms with van der Waals surface area (Å²) >= 11 is 0. The predicted molar refractivity (Wildman–Crippen MR) is 72.7 cm³/mol. The molecule has 2 unspecified atom stereocenters. The van der Waals surface area contributed by atoms with E-state index in [2.05, 4.69) is 4.89 Å². The van der Waals surface area contributed by atoms with E-state index in [1.54, 1.807) is 0 Å². The predicted octanol–water partition coefficient (Wildman–Crippen LogP) is -0.0750. The number of hydrogen-bond donors (Lipinski definition) is 5. The molecular formula is C11H25O9P. The Morgan fingerprint density at radius 1 is 1.19 bits per heavy atom. The SMILES string of the molecule is CCCCCOC[C@H](COC(C(O)CO)P(=O)(O)O)OO. The lowest BCUT2D eigenvalue weighted by molar-refractivity contribution is -0.297. The summed E-state index contributed by atoms with van der Waals surface area (Å²) in [7, 11) is -4.77. The van der Waals surface area contributed by atoms with E-state index in [1.807, 2.05) is 6.92 Å². The second-order valence-electron chi connectivity index (χ2n) is 4.57. The molecule has 0 saturated heterocycles. The van der Waals surface area contributed by atoms with E-state index in [-0.39, 0.29) is 6.61 Å². The maximum atomic E-state index is 11.1. The molecule has 0 aromatic heterocycles. The molecule has 0 aromatic rings. The minimum absolute atomic E-state index is 0.0245. The average molecular weight is 332 g/mol. The van der Waals surface area contributed by atoms with Crippen molar-refractivity contribution in [2.45, 2.75) is 44.2 Å². The first kappa shape index (κ1) is 20.9. The Morgan fingerprint density at radius 3 is 2.33 bits per heavy atom. The molecule has 0 aliphatic carbocycles. The molecule has 0 radical (unpaired) electrons. The van der Waals surface area contributed by atoms with Crippen molar-refractivity contribution < 1.29 is 44.2 Å². The van der Waals surface area contributed by atoms with Crippen molar-refractivity contribution in [3.05, 3.63) is 0 Å². The van der Waals surface area contributed by atoms with E-state index in [1.165, 1.54) is 0 Å². The van der Waals surface area contributed by atoms with E-state index in [9.17, 15) is 9.67 Å². The summed E-state index contributed by atoms with van der Waals surface area (Å²) in [4.78, 5) is 22.1. The van der Waals surface area contributed by atoms with Gasteiger partial charge < -0.3 is 29.5 Å². The molecule has 0 aromatic carbocycles. The van der Waals surface area contributed by atoms with E-state index >= 15 is 0 Å². The summed E-state index contributed by atoms with van der Waals surface area (Å²) in [6.45, 7) is 1.21. The Labute approximate surface area is 123 Å². The minimum Gasteiger partial charge on any atom is -0.394 e. The molecule has 0 saturated carbocycles. The van der Waals surface area contributed by atoms with E-state index < -0.39 is 38.9 Å². The highest BCUT2D eigenvalue weighted by Gasteiger charge is 2.36. The zero-order chi connectivity index (χ0) is 16.3. The Hall–Kier alpha value is -0.0900. The molecule has 128 valence electrons. The van der Waals surface area contributed by atoms with E-state index in [0.717, 1.165) is 19.3 Å². The van der Waals surface area contributed by atoms with Gasteiger partial charge in [0.25, 0.3) is 0 Å². The molecule has 0 bridgehead atoms. The fourth-order valence-corrected chi connectivity index (χ4v) is 2.33. The lowest BCUT2D eigenvalue weighted by Crippen LogP contribution is -2.36. The van der Waals surface area contributed by atoms with Crippen LogP contribution in [0.15, 0.2) is 0 Å². The number of aliphatic hydroxyl groups is 2. The van der Waals surface area contributed by atoms with Gasteiger partial charge in [-0.3, -0.25) is 9.82 Å². The van der Waals surface area contributed by atoms with Crippen molar-refractivity contribution in [1.29, 1.82) is 0 Å². The zero-order valence-corrected chi connectivity index (χ0v) is 12.9. The molecule has 3 atom stereocenters. The highest BCUT2D eigenvalue weighted by atomic mass is 31.2. The maximum absolute atomic E-state index is 11.1. The third-order valence-corrected chi connectivity index (χ3v) is 3.80. The molecule has 10 heteroatoms. The topological polar surface area (TPSA) is 146 Å². The first-order chi connectivity index (χ1) is 9.86. The van der Waals surface area contributed by atoms with Crippen molar-refractivity contribution in [3.8, 4) is 0 Å². The van der Waals surface area contributed by atoms with Gasteiger partial charge in [-0.05, 0) is 6.42 Å². The summed E-state index contributed by atoms with van der Waals surface area (Å²) in [5.41, 5.74) is 0. The fourth-order valence-electron chi connectivity index (χ4n) is 1.51. The largest absolute Gasteiger partial charge is 0.394 e. The van der Waals surface area contributed by atoms with Crippen LogP contribution in [0.25, 0.3) is 0 Å². The van der Waals surface area contributed by atoms with Crippen LogP contribution in [-0.4, -0.2) is 69.7 Å². The van der Waals surface area contributed by atoms with Crippen LogP contribution in [0.4, 0.5) is 0 Å². The number of unbranched alkanes of at least 4 members (excludes halogenated alkanes) is 2. The molecule has 0 aliphatic rings. The van der Waals surface area contributed by atoms with Gasteiger partial charge in [-0.25, -0.2) is 4.89 Å². The van der Waals surface area contributed by atoms with Crippen LogP contribution in [0.3, 0.4) is 0 Å². The van der Waals surface area contributed by atoms with Gasteiger partial charge in [0.15, 0.2) is 5.85 Å². The zero-order valence-electron chi connectivity index (χ0n) is 12.0. The molecule has 21 heavy (non-hydrogen) atoms. The maximum Gasteiger partial charge on any atom is 0.356 e. The van der Waals surface area contributed by atoms with Gasteiger partial charge in [0.05, 0.1) is 19.8 Å². The lowest BCUT2D eigenvalue weighted by atomic mass is 10.3. The summed E-state index contributed by atoms with van der Waals surface area (Å²) in [6.07, 6.45) is 0.200. The van der Waals surface area contributed by atoms with Gasteiger partial charge in [-0.15, -0.1) is 0 Å². The number of aliphatic hydroxyl groups excluding tert-OH is 2. The Bertz CT molecular complexity index is 295. The van der Waals surface area contributed by atoms with Crippen LogP contribution in [0.1, 0.15) is 26.2 Å². The van der Waals surface area contributed by atoms with Crippen molar-refractivity contribution in [2.24, 2.45) is 0 Å². The van der Waals surface area contributed by atoms with Crippen molar-refractivity contribution >= 4 is 7.60 Å². The van der Waals surface area contributed by atoms with Gasteiger partial charge >= 0.3 is 7.60 Å². The average Bonchev–Trinajstić information content (AvgIpc) is 2.43. The van der Waals surface area contributed by atoms with Gasteiger partial charge in [0.1, 0.15) is 12.2 Å². The number of hydrogen-bond acceptors (Lipinski definition) is 7. The van der Waals surface area contributed by atoms with Crippen molar-refractivity contribution in [3.63, 3.8) is 0 Å². The Kier molecular flexibility index (Phi) is 11.4. The standard InChI is InChI=1S/C11H25O9P/c1-2-3-4-5-18-7-9(20-14)8-19-11(10(13)6-12)21(15,16)17/h9-14H,2-8H2,1H3,(H2,15,16,17)/t9-,10?,11?/m1/s1. The first-order valence-corrected chi connectivity index (χ1v) is 8.38. The van der Waals surface area contributed by atoms with Crippen LogP contribution in [0.5, 0.6) is 0 Å². The molecule has 0 amide bonds. The van der Waals surface area contributed by atoms with Gasteiger partial charge in [-0.2, -0.15) is 0 Å². The van der Waals surface area contributed by atoms with Crippen LogP contribution in [0.2, 0.25) is 0 Å². The quantitative estimate of drug-likeness (QED) is 0.135. The van der Waals surface area contributed by atoms with Crippen LogP contribution in [-0.2, 0) is 18.9 Å². The summed E-state index contributed by atoms with van der Waals surface area (Å²) in [5.74, 6) is -1.89. The second kappa shape index (κ2) is 11.5. The van der Waals surface area contributed by atoms with Gasteiger partial charge in [0.2, 0.25) is 0 Å². The van der Waals surface area contributed by atoms with E-state index in [0.29, 0.717) is 6.61 Å². The minimum atomic E-state index is -4.77. The lowest BCUT2D eigenvalue weighted by Gasteiger charge is -2.24. The van der Waals surface area contributed by atoms with Gasteiger partial charge in [-0.1, -0.05) is 19.8 Å². The van der Waals surface area contributed by atoms with Crippen molar-refractivity contribution in [2.75, 3.05) is 26.4 Å². The fraction of sp³-hybridized carbons (Fsp3) is 1.00. The third kappa shape index (κ3) is 9.51. The second-order valence-corrected chi connectivity index (χ2v) is 6.26. The molecule has 0 rings (SSSR count). The van der Waals surface area contributed by atoms with Crippen LogP contribution < -0.4 is 0 Å². The van der Waals surface area contributed by atoms with E-state index in [4.69, 9.17) is 29.6 Å². The monoisotopic (exact) mass is 332 g/mol. The molecule has 5 N–H and O–H groups in total.